The summed E-state index contributed by atoms with van der Waals surface area (Å²) in [7, 11) is 4.21. The minimum atomic E-state index is -0.163. The van der Waals surface area contributed by atoms with E-state index in [1.165, 1.54) is 0 Å². The van der Waals surface area contributed by atoms with Gasteiger partial charge in [0.1, 0.15) is 0 Å². The first kappa shape index (κ1) is 18.2. The normalized spacial score (nSPS) is 25.4. The van der Waals surface area contributed by atoms with Crippen LogP contribution in [-0.4, -0.2) is 71.4 Å². The Labute approximate surface area is 160 Å². The zero-order chi connectivity index (χ0) is 18.9. The minimum absolute atomic E-state index is 0.0518. The number of piperidine rings is 1. The van der Waals surface area contributed by atoms with Crippen LogP contribution in [0.5, 0.6) is 0 Å². The van der Waals surface area contributed by atoms with Gasteiger partial charge in [0.25, 0.3) is 5.91 Å². The molecule has 2 saturated heterocycles. The first-order valence-electron chi connectivity index (χ1n) is 9.73. The van der Waals surface area contributed by atoms with Crippen LogP contribution in [0.15, 0.2) is 42.7 Å². The number of para-hydroxylation sites is 1. The monoisotopic (exact) mass is 368 g/mol. The van der Waals surface area contributed by atoms with E-state index in [-0.39, 0.29) is 11.5 Å². The first-order valence-corrected chi connectivity index (χ1v) is 9.73. The Hall–Kier alpha value is -2.18. The highest BCUT2D eigenvalue weighted by atomic mass is 16.5. The number of carbonyl (C=O) groups is 1. The molecule has 1 aromatic heterocycles. The van der Waals surface area contributed by atoms with Crippen LogP contribution in [0.25, 0.3) is 5.69 Å². The van der Waals surface area contributed by atoms with E-state index in [9.17, 15) is 4.79 Å². The molecule has 2 unspecified atom stereocenters. The topological polar surface area (TPSA) is 50.6 Å². The highest BCUT2D eigenvalue weighted by Crippen LogP contribution is 2.38. The Balaban J connectivity index is 1.44. The summed E-state index contributed by atoms with van der Waals surface area (Å²) >= 11 is 0. The molecule has 2 fully saturated rings. The number of nitrogens with zero attached hydrogens (tertiary/aromatic N) is 4. The number of amides is 1. The van der Waals surface area contributed by atoms with E-state index in [0.29, 0.717) is 18.0 Å². The third-order valence-corrected chi connectivity index (χ3v) is 5.59. The largest absolute Gasteiger partial charge is 0.373 e. The van der Waals surface area contributed by atoms with Crippen molar-refractivity contribution in [1.29, 1.82) is 0 Å². The van der Waals surface area contributed by atoms with Gasteiger partial charge in [0.15, 0.2) is 0 Å². The van der Waals surface area contributed by atoms with Crippen LogP contribution < -0.4 is 0 Å². The summed E-state index contributed by atoms with van der Waals surface area (Å²) in [6.45, 7) is 3.32. The summed E-state index contributed by atoms with van der Waals surface area (Å²) in [4.78, 5) is 17.2. The third kappa shape index (κ3) is 3.92. The lowest BCUT2D eigenvalue weighted by atomic mass is 9.86. The summed E-state index contributed by atoms with van der Waals surface area (Å²) in [5, 5.41) is 4.37. The maximum absolute atomic E-state index is 13.1. The predicted octanol–water partition coefficient (Wildman–Crippen LogP) is 2.45. The number of hydrogen-bond donors (Lipinski definition) is 0. The number of aromatic nitrogens is 2. The average molecular weight is 368 g/mol. The zero-order valence-electron chi connectivity index (χ0n) is 16.2. The van der Waals surface area contributed by atoms with Crippen LogP contribution in [-0.2, 0) is 4.74 Å². The van der Waals surface area contributed by atoms with Gasteiger partial charge >= 0.3 is 0 Å². The lowest BCUT2D eigenvalue weighted by molar-refractivity contribution is -0.0450. The molecule has 27 heavy (non-hydrogen) atoms. The van der Waals surface area contributed by atoms with Crippen molar-refractivity contribution in [2.75, 3.05) is 40.3 Å². The molecule has 0 radical (unpaired) electrons. The van der Waals surface area contributed by atoms with E-state index < -0.39 is 0 Å². The smallest absolute Gasteiger partial charge is 0.257 e. The second kappa shape index (κ2) is 7.44. The number of hydrogen-bond acceptors (Lipinski definition) is 4. The molecule has 2 aliphatic rings. The molecule has 6 nitrogen and oxygen atoms in total. The van der Waals surface area contributed by atoms with Gasteiger partial charge in [0.05, 0.1) is 29.7 Å². The second-order valence-corrected chi connectivity index (χ2v) is 8.17. The Morgan fingerprint density at radius 3 is 2.93 bits per heavy atom. The standard InChI is InChI=1S/C21H28N4O2/c1-23(2)13-17-11-21(27-15-17)9-6-10-24(16-21)20(26)18-12-22-25(14-18)19-7-4-3-5-8-19/h3-5,7-8,12,14,17H,6,9-11,13,15-16H2,1-2H3. The van der Waals surface area contributed by atoms with Gasteiger partial charge < -0.3 is 14.5 Å². The van der Waals surface area contributed by atoms with Crippen molar-refractivity contribution in [3.05, 3.63) is 48.3 Å². The molecule has 1 aromatic carbocycles. The highest BCUT2D eigenvalue weighted by molar-refractivity contribution is 5.94. The van der Waals surface area contributed by atoms with Gasteiger partial charge in [0.2, 0.25) is 0 Å². The van der Waals surface area contributed by atoms with Crippen LogP contribution >= 0.6 is 0 Å². The lowest BCUT2D eigenvalue weighted by Crippen LogP contribution is -2.50. The maximum Gasteiger partial charge on any atom is 0.257 e. The molecule has 6 heteroatoms. The summed E-state index contributed by atoms with van der Waals surface area (Å²) in [5.74, 6) is 0.604. The highest BCUT2D eigenvalue weighted by Gasteiger charge is 2.44. The Morgan fingerprint density at radius 2 is 2.15 bits per heavy atom. The number of likely N-dealkylation sites (tertiary alicyclic amines) is 1. The van der Waals surface area contributed by atoms with Crippen molar-refractivity contribution < 1.29 is 9.53 Å². The quantitative estimate of drug-likeness (QED) is 0.832. The van der Waals surface area contributed by atoms with Gasteiger partial charge in [-0.1, -0.05) is 18.2 Å². The van der Waals surface area contributed by atoms with Crippen molar-refractivity contribution in [1.82, 2.24) is 19.6 Å². The van der Waals surface area contributed by atoms with E-state index in [4.69, 9.17) is 4.74 Å². The zero-order valence-corrected chi connectivity index (χ0v) is 16.2. The van der Waals surface area contributed by atoms with E-state index in [1.54, 1.807) is 10.9 Å². The molecule has 4 rings (SSSR count). The molecule has 144 valence electrons. The second-order valence-electron chi connectivity index (χ2n) is 8.17. The Kier molecular flexibility index (Phi) is 5.02. The average Bonchev–Trinajstić information content (AvgIpc) is 3.29. The van der Waals surface area contributed by atoms with Crippen molar-refractivity contribution in [2.24, 2.45) is 5.92 Å². The minimum Gasteiger partial charge on any atom is -0.373 e. The lowest BCUT2D eigenvalue weighted by Gasteiger charge is -2.39. The summed E-state index contributed by atoms with van der Waals surface area (Å²) in [6.07, 6.45) is 6.57. The summed E-state index contributed by atoms with van der Waals surface area (Å²) < 4.78 is 8.00. The molecule has 2 aromatic rings. The summed E-state index contributed by atoms with van der Waals surface area (Å²) in [5.41, 5.74) is 1.43. The van der Waals surface area contributed by atoms with Gasteiger partial charge in [-0.3, -0.25) is 4.79 Å². The SMILES string of the molecule is CN(C)CC1COC2(CCCN(C(=O)c3cnn(-c4ccccc4)c3)C2)C1. The van der Waals surface area contributed by atoms with Crippen molar-refractivity contribution in [3.63, 3.8) is 0 Å². The molecular weight excluding hydrogens is 340 g/mol. The molecule has 0 N–H and O–H groups in total. The predicted molar refractivity (Wildman–Crippen MR) is 104 cm³/mol. The molecule has 2 atom stereocenters. The van der Waals surface area contributed by atoms with Crippen LogP contribution in [0.2, 0.25) is 0 Å². The maximum atomic E-state index is 13.1. The van der Waals surface area contributed by atoms with Gasteiger partial charge in [-0.25, -0.2) is 4.68 Å². The molecule has 1 amide bonds. The van der Waals surface area contributed by atoms with Crippen LogP contribution in [0.3, 0.4) is 0 Å². The van der Waals surface area contributed by atoms with Crippen molar-refractivity contribution in [3.8, 4) is 5.69 Å². The Bertz CT molecular complexity index is 788. The third-order valence-electron chi connectivity index (χ3n) is 5.59. The van der Waals surface area contributed by atoms with E-state index >= 15 is 0 Å². The van der Waals surface area contributed by atoms with Gasteiger partial charge in [-0.05, 0) is 51.4 Å². The van der Waals surface area contributed by atoms with Crippen LogP contribution in [0.4, 0.5) is 0 Å². The summed E-state index contributed by atoms with van der Waals surface area (Å²) in [6, 6.07) is 9.86. The molecule has 0 saturated carbocycles. The number of benzene rings is 1. The first-order chi connectivity index (χ1) is 13.0. The number of ether oxygens (including phenoxy) is 1. The fourth-order valence-electron chi connectivity index (χ4n) is 4.47. The van der Waals surface area contributed by atoms with E-state index in [0.717, 1.165) is 44.6 Å². The molecule has 0 aliphatic carbocycles. The van der Waals surface area contributed by atoms with Crippen LogP contribution in [0.1, 0.15) is 29.6 Å². The fourth-order valence-corrected chi connectivity index (χ4v) is 4.47. The van der Waals surface area contributed by atoms with Gasteiger partial charge in [-0.15, -0.1) is 0 Å². The molecular formula is C21H28N4O2. The molecule has 3 heterocycles. The Morgan fingerprint density at radius 1 is 1.33 bits per heavy atom. The molecule has 1 spiro atoms. The molecule has 0 bridgehead atoms. The van der Waals surface area contributed by atoms with Gasteiger partial charge in [0, 0.05) is 25.8 Å². The van der Waals surface area contributed by atoms with Crippen molar-refractivity contribution >= 4 is 5.91 Å². The number of rotatable bonds is 4. The molecule has 2 aliphatic heterocycles. The van der Waals surface area contributed by atoms with Gasteiger partial charge in [-0.2, -0.15) is 5.10 Å². The number of carbonyl (C=O) groups excluding carboxylic acids is 1. The van der Waals surface area contributed by atoms with Crippen molar-refractivity contribution in [2.45, 2.75) is 24.9 Å². The van der Waals surface area contributed by atoms with Crippen LogP contribution in [0, 0.1) is 5.92 Å². The fraction of sp³-hybridized carbons (Fsp3) is 0.524. The van der Waals surface area contributed by atoms with E-state index in [2.05, 4.69) is 24.1 Å². The van der Waals surface area contributed by atoms with E-state index in [1.807, 2.05) is 41.4 Å².